The molecule has 0 radical (unpaired) electrons. The Labute approximate surface area is 144 Å². The number of nitrogens with two attached hydrogens (primary N) is 1. The van der Waals surface area contributed by atoms with E-state index in [-0.39, 0.29) is 11.8 Å². The number of benzene rings is 1. The highest BCUT2D eigenvalue weighted by Gasteiger charge is 2.23. The number of likely N-dealkylation sites (N-methyl/N-ethyl adjacent to an activating group) is 1. The van der Waals surface area contributed by atoms with Gasteiger partial charge in [0.15, 0.2) is 0 Å². The van der Waals surface area contributed by atoms with Crippen molar-refractivity contribution >= 4 is 17.5 Å². The maximum atomic E-state index is 12.7. The lowest BCUT2D eigenvalue weighted by Gasteiger charge is -2.25. The molecule has 1 aliphatic heterocycles. The number of nitrogens with zero attached hydrogens (tertiary/aromatic N) is 3. The summed E-state index contributed by atoms with van der Waals surface area (Å²) >= 11 is 0. The van der Waals surface area contributed by atoms with Crippen LogP contribution in [0.1, 0.15) is 30.6 Å². The molecular formula is C18H28N4O2. The highest BCUT2D eigenvalue weighted by atomic mass is 16.2. The molecule has 1 heterocycles. The van der Waals surface area contributed by atoms with Crippen LogP contribution in [0, 0.1) is 0 Å². The van der Waals surface area contributed by atoms with Crippen LogP contribution in [0.2, 0.25) is 0 Å². The second kappa shape index (κ2) is 8.68. The van der Waals surface area contributed by atoms with Gasteiger partial charge in [-0.25, -0.2) is 0 Å². The van der Waals surface area contributed by atoms with Crippen LogP contribution in [-0.2, 0) is 4.79 Å². The van der Waals surface area contributed by atoms with Crippen molar-refractivity contribution in [1.82, 2.24) is 14.7 Å². The maximum Gasteiger partial charge on any atom is 0.255 e. The quantitative estimate of drug-likeness (QED) is 0.825. The number of nitrogen functional groups attached to an aromatic ring is 1. The van der Waals surface area contributed by atoms with Crippen molar-refractivity contribution in [2.24, 2.45) is 0 Å². The Morgan fingerprint density at radius 1 is 1.08 bits per heavy atom. The van der Waals surface area contributed by atoms with Gasteiger partial charge in [0.1, 0.15) is 0 Å². The Morgan fingerprint density at radius 2 is 1.79 bits per heavy atom. The fraction of sp³-hybridized carbons (Fsp3) is 0.556. The first-order chi connectivity index (χ1) is 11.6. The number of hydrogen-bond acceptors (Lipinski definition) is 4. The van der Waals surface area contributed by atoms with Gasteiger partial charge >= 0.3 is 0 Å². The Morgan fingerprint density at radius 3 is 2.46 bits per heavy atom. The first-order valence-electron chi connectivity index (χ1n) is 8.70. The van der Waals surface area contributed by atoms with Crippen molar-refractivity contribution in [3.8, 4) is 0 Å². The standard InChI is InChI=1S/C18H28N4O2/c1-3-21(4-2)17(23)14-20-10-7-11-22(13-12-20)18(24)15-8-5-6-9-16(15)19/h5-6,8-9H,3-4,7,10-14,19H2,1-2H3. The summed E-state index contributed by atoms with van der Waals surface area (Å²) in [6, 6.07) is 7.18. The fourth-order valence-corrected chi connectivity index (χ4v) is 3.06. The molecule has 0 saturated carbocycles. The van der Waals surface area contributed by atoms with Crippen LogP contribution in [-0.4, -0.2) is 72.3 Å². The molecule has 0 spiro atoms. The molecule has 2 rings (SSSR count). The SMILES string of the molecule is CCN(CC)C(=O)CN1CCCN(C(=O)c2ccccc2N)CC1. The van der Waals surface area contributed by atoms with E-state index in [0.717, 1.165) is 26.1 Å². The van der Waals surface area contributed by atoms with E-state index in [4.69, 9.17) is 5.73 Å². The van der Waals surface area contributed by atoms with Gasteiger partial charge < -0.3 is 15.5 Å². The molecule has 132 valence electrons. The molecule has 0 aromatic heterocycles. The highest BCUT2D eigenvalue weighted by molar-refractivity contribution is 5.99. The first-order valence-corrected chi connectivity index (χ1v) is 8.70. The average molecular weight is 332 g/mol. The van der Waals surface area contributed by atoms with Crippen LogP contribution < -0.4 is 5.73 Å². The molecule has 1 aromatic rings. The van der Waals surface area contributed by atoms with Gasteiger partial charge in [-0.15, -0.1) is 0 Å². The Kier molecular flexibility index (Phi) is 6.61. The summed E-state index contributed by atoms with van der Waals surface area (Å²) in [5.74, 6) is 0.136. The minimum Gasteiger partial charge on any atom is -0.398 e. The van der Waals surface area contributed by atoms with Crippen molar-refractivity contribution < 1.29 is 9.59 Å². The van der Waals surface area contributed by atoms with Gasteiger partial charge in [-0.2, -0.15) is 0 Å². The van der Waals surface area contributed by atoms with E-state index in [1.165, 1.54) is 0 Å². The van der Waals surface area contributed by atoms with E-state index >= 15 is 0 Å². The molecule has 0 atom stereocenters. The number of para-hydroxylation sites is 1. The van der Waals surface area contributed by atoms with Crippen molar-refractivity contribution in [2.75, 3.05) is 51.5 Å². The minimum absolute atomic E-state index is 0.0231. The van der Waals surface area contributed by atoms with E-state index in [2.05, 4.69) is 4.90 Å². The third-order valence-electron chi connectivity index (χ3n) is 4.54. The van der Waals surface area contributed by atoms with E-state index in [0.29, 0.717) is 37.4 Å². The molecule has 0 bridgehead atoms. The summed E-state index contributed by atoms with van der Waals surface area (Å²) in [6.07, 6.45) is 0.865. The normalized spacial score (nSPS) is 15.8. The van der Waals surface area contributed by atoms with E-state index in [1.807, 2.05) is 35.8 Å². The van der Waals surface area contributed by atoms with Gasteiger partial charge in [-0.1, -0.05) is 12.1 Å². The molecule has 0 aliphatic carbocycles. The summed E-state index contributed by atoms with van der Waals surface area (Å²) in [6.45, 7) is 8.76. The number of anilines is 1. The van der Waals surface area contributed by atoms with Gasteiger partial charge in [0.25, 0.3) is 5.91 Å². The number of carbonyl (C=O) groups is 2. The number of hydrogen-bond donors (Lipinski definition) is 1. The first kappa shape index (κ1) is 18.3. The van der Waals surface area contributed by atoms with Crippen molar-refractivity contribution in [2.45, 2.75) is 20.3 Å². The topological polar surface area (TPSA) is 69.9 Å². The van der Waals surface area contributed by atoms with Crippen molar-refractivity contribution in [1.29, 1.82) is 0 Å². The minimum atomic E-state index is -0.0231. The van der Waals surface area contributed by atoms with Crippen molar-refractivity contribution in [3.63, 3.8) is 0 Å². The molecule has 1 saturated heterocycles. The highest BCUT2D eigenvalue weighted by Crippen LogP contribution is 2.15. The number of amides is 2. The fourth-order valence-electron chi connectivity index (χ4n) is 3.06. The van der Waals surface area contributed by atoms with Crippen molar-refractivity contribution in [3.05, 3.63) is 29.8 Å². The van der Waals surface area contributed by atoms with Gasteiger partial charge in [-0.3, -0.25) is 14.5 Å². The molecule has 2 N–H and O–H groups in total. The van der Waals surface area contributed by atoms with Crippen LogP contribution >= 0.6 is 0 Å². The van der Waals surface area contributed by atoms with E-state index in [9.17, 15) is 9.59 Å². The van der Waals surface area contributed by atoms with Gasteiger partial charge in [0.2, 0.25) is 5.91 Å². The lowest BCUT2D eigenvalue weighted by Crippen LogP contribution is -2.42. The van der Waals surface area contributed by atoms with Gasteiger partial charge in [-0.05, 0) is 32.4 Å². The average Bonchev–Trinajstić information content (AvgIpc) is 2.81. The molecule has 1 fully saturated rings. The smallest absolute Gasteiger partial charge is 0.255 e. The predicted molar refractivity (Wildman–Crippen MR) is 95.7 cm³/mol. The summed E-state index contributed by atoms with van der Waals surface area (Å²) in [5, 5.41) is 0. The van der Waals surface area contributed by atoms with Crippen LogP contribution in [0.3, 0.4) is 0 Å². The van der Waals surface area contributed by atoms with Crippen LogP contribution in [0.5, 0.6) is 0 Å². The molecule has 1 aliphatic rings. The second-order valence-electron chi connectivity index (χ2n) is 6.08. The number of carbonyl (C=O) groups excluding carboxylic acids is 2. The largest absolute Gasteiger partial charge is 0.398 e. The monoisotopic (exact) mass is 332 g/mol. The zero-order valence-electron chi connectivity index (χ0n) is 14.7. The van der Waals surface area contributed by atoms with E-state index in [1.54, 1.807) is 12.1 Å². The summed E-state index contributed by atoms with van der Waals surface area (Å²) in [4.78, 5) is 30.7. The molecule has 0 unspecified atom stereocenters. The lowest BCUT2D eigenvalue weighted by molar-refractivity contribution is -0.132. The zero-order chi connectivity index (χ0) is 17.5. The van der Waals surface area contributed by atoms with Gasteiger partial charge in [0.05, 0.1) is 12.1 Å². The molecule has 6 nitrogen and oxygen atoms in total. The van der Waals surface area contributed by atoms with Gasteiger partial charge in [0, 0.05) is 45.0 Å². The second-order valence-corrected chi connectivity index (χ2v) is 6.08. The Hall–Kier alpha value is -2.08. The summed E-state index contributed by atoms with van der Waals surface area (Å²) < 4.78 is 0. The summed E-state index contributed by atoms with van der Waals surface area (Å²) in [7, 11) is 0. The van der Waals surface area contributed by atoms with Crippen LogP contribution in [0.25, 0.3) is 0 Å². The maximum absolute atomic E-state index is 12.7. The zero-order valence-corrected chi connectivity index (χ0v) is 14.7. The lowest BCUT2D eigenvalue weighted by atomic mass is 10.1. The molecule has 2 amide bonds. The Balaban J connectivity index is 1.94. The van der Waals surface area contributed by atoms with Crippen LogP contribution in [0.4, 0.5) is 5.69 Å². The predicted octanol–water partition coefficient (Wildman–Crippen LogP) is 1.29. The van der Waals surface area contributed by atoms with Crippen LogP contribution in [0.15, 0.2) is 24.3 Å². The molecule has 1 aromatic carbocycles. The third kappa shape index (κ3) is 4.47. The third-order valence-corrected chi connectivity index (χ3v) is 4.54. The molecule has 24 heavy (non-hydrogen) atoms. The number of rotatable bonds is 5. The van der Waals surface area contributed by atoms with E-state index < -0.39 is 0 Å². The molecular weight excluding hydrogens is 304 g/mol. The Bertz CT molecular complexity index is 572. The summed E-state index contributed by atoms with van der Waals surface area (Å²) in [5.41, 5.74) is 6.99. The molecule has 6 heteroatoms.